The minimum Gasteiger partial charge on any atom is -0.334 e. The first-order chi connectivity index (χ1) is 8.82. The zero-order valence-corrected chi connectivity index (χ0v) is 12.6. The normalized spacial score (nSPS) is 19.4. The molecule has 1 aliphatic heterocycles. The average Bonchev–Trinajstić information content (AvgIpc) is 2.68. The van der Waals surface area contributed by atoms with Crippen LogP contribution in [0.15, 0.2) is 11.2 Å². The van der Waals surface area contributed by atoms with E-state index >= 15 is 0 Å². The van der Waals surface area contributed by atoms with E-state index in [0.29, 0.717) is 25.5 Å². The molecular weight excluding hydrogens is 264 g/mol. The molecule has 2 rings (SSSR count). The summed E-state index contributed by atoms with van der Waals surface area (Å²) in [5.41, 5.74) is 5.75. The smallest absolute Gasteiger partial charge is 0.262 e. The predicted octanol–water partition coefficient (Wildman–Crippen LogP) is 0.713. The average molecular weight is 286 g/mol. The maximum atomic E-state index is 12.4. The molecule has 1 aromatic heterocycles. The highest BCUT2D eigenvalue weighted by Gasteiger charge is 2.45. The quantitative estimate of drug-likeness (QED) is 0.864. The molecule has 0 amide bonds. The third-order valence-electron chi connectivity index (χ3n) is 3.63. The highest BCUT2D eigenvalue weighted by atomic mass is 32.2. The molecule has 0 radical (unpaired) electrons. The third kappa shape index (κ3) is 2.54. The van der Waals surface area contributed by atoms with Crippen molar-refractivity contribution in [3.8, 4) is 0 Å². The van der Waals surface area contributed by atoms with Crippen LogP contribution in [0.2, 0.25) is 0 Å². The van der Waals surface area contributed by atoms with Gasteiger partial charge in [-0.15, -0.1) is 0 Å². The lowest BCUT2D eigenvalue weighted by atomic mass is 9.89. The van der Waals surface area contributed by atoms with Crippen LogP contribution >= 0.6 is 0 Å². The van der Waals surface area contributed by atoms with Crippen molar-refractivity contribution in [3.05, 3.63) is 12.0 Å². The van der Waals surface area contributed by atoms with Gasteiger partial charge in [0, 0.05) is 31.4 Å². The minimum absolute atomic E-state index is 0.130. The summed E-state index contributed by atoms with van der Waals surface area (Å²) in [4.78, 5) is 4.14. The largest absolute Gasteiger partial charge is 0.334 e. The van der Waals surface area contributed by atoms with Crippen LogP contribution in [0.5, 0.6) is 0 Å². The van der Waals surface area contributed by atoms with Gasteiger partial charge < -0.3 is 10.3 Å². The Bertz CT molecular complexity index is 558. The molecule has 1 aliphatic rings. The lowest BCUT2D eigenvalue weighted by Crippen LogP contribution is -2.68. The van der Waals surface area contributed by atoms with Crippen LogP contribution in [0.25, 0.3) is 0 Å². The van der Waals surface area contributed by atoms with Gasteiger partial charge in [-0.2, -0.15) is 4.31 Å². The predicted molar refractivity (Wildman–Crippen MR) is 73.2 cm³/mol. The summed E-state index contributed by atoms with van der Waals surface area (Å²) in [5, 5.41) is 0.130. The Labute approximate surface area is 114 Å². The number of aromatic nitrogens is 2. The van der Waals surface area contributed by atoms with E-state index in [4.69, 9.17) is 5.73 Å². The Balaban J connectivity index is 2.16. The van der Waals surface area contributed by atoms with E-state index in [0.717, 1.165) is 12.8 Å². The molecule has 0 aromatic carbocycles. The number of nitrogens with zero attached hydrogens (tertiary/aromatic N) is 3. The van der Waals surface area contributed by atoms with Crippen molar-refractivity contribution in [3.63, 3.8) is 0 Å². The number of aryl methyl sites for hydroxylation is 2. The molecule has 1 aromatic rings. The van der Waals surface area contributed by atoms with E-state index in [1.54, 1.807) is 6.20 Å². The van der Waals surface area contributed by atoms with Crippen molar-refractivity contribution in [2.75, 3.05) is 13.1 Å². The summed E-state index contributed by atoms with van der Waals surface area (Å²) in [7, 11) is -3.48. The highest BCUT2D eigenvalue weighted by Crippen LogP contribution is 2.29. The van der Waals surface area contributed by atoms with Crippen LogP contribution in [0, 0.1) is 6.92 Å². The Morgan fingerprint density at radius 1 is 1.42 bits per heavy atom. The van der Waals surface area contributed by atoms with E-state index in [9.17, 15) is 8.42 Å². The molecule has 2 heterocycles. The summed E-state index contributed by atoms with van der Waals surface area (Å²) in [6.07, 6.45) is 3.41. The summed E-state index contributed by atoms with van der Waals surface area (Å²) in [5.74, 6) is 0.717. The van der Waals surface area contributed by atoms with Crippen molar-refractivity contribution >= 4 is 10.0 Å². The molecule has 0 spiro atoms. The van der Waals surface area contributed by atoms with E-state index < -0.39 is 10.0 Å². The van der Waals surface area contributed by atoms with Crippen LogP contribution in [0.1, 0.15) is 32.5 Å². The fourth-order valence-corrected chi connectivity index (χ4v) is 4.16. The SMILES string of the molecule is CCCC1(N)CN(S(=O)(=O)c2cn(CC)c(C)n2)C1. The molecule has 1 saturated heterocycles. The second kappa shape index (κ2) is 4.88. The first kappa shape index (κ1) is 14.5. The molecule has 6 nitrogen and oxygen atoms in total. The first-order valence-corrected chi connectivity index (χ1v) is 8.09. The second-order valence-corrected chi connectivity index (χ2v) is 7.18. The van der Waals surface area contributed by atoms with Gasteiger partial charge in [0.25, 0.3) is 10.0 Å². The van der Waals surface area contributed by atoms with Crippen LogP contribution in [-0.2, 0) is 16.6 Å². The zero-order valence-electron chi connectivity index (χ0n) is 11.8. The second-order valence-electron chi connectivity index (χ2n) is 5.30. The number of hydrogen-bond donors (Lipinski definition) is 1. The van der Waals surface area contributed by atoms with Crippen LogP contribution in [-0.4, -0.2) is 40.9 Å². The molecule has 108 valence electrons. The zero-order chi connectivity index (χ0) is 14.3. The molecule has 19 heavy (non-hydrogen) atoms. The van der Waals surface area contributed by atoms with Gasteiger partial charge in [0.15, 0.2) is 5.03 Å². The minimum atomic E-state index is -3.48. The molecule has 1 fully saturated rings. The topological polar surface area (TPSA) is 81.2 Å². The maximum absolute atomic E-state index is 12.4. The van der Waals surface area contributed by atoms with E-state index in [1.807, 2.05) is 18.4 Å². The standard InChI is InChI=1S/C12H22N4O2S/c1-4-6-12(13)8-16(9-12)19(17,18)11-7-15(5-2)10(3)14-11/h7H,4-6,8-9,13H2,1-3H3. The molecule has 7 heteroatoms. The lowest BCUT2D eigenvalue weighted by Gasteiger charge is -2.46. The fraction of sp³-hybridized carbons (Fsp3) is 0.750. The number of nitrogens with two attached hydrogens (primary N) is 1. The van der Waals surface area contributed by atoms with Gasteiger partial charge in [-0.05, 0) is 20.3 Å². The van der Waals surface area contributed by atoms with Gasteiger partial charge in [-0.1, -0.05) is 13.3 Å². The van der Waals surface area contributed by atoms with Gasteiger partial charge >= 0.3 is 0 Å². The molecule has 0 bridgehead atoms. The van der Waals surface area contributed by atoms with Gasteiger partial charge in [0.2, 0.25) is 0 Å². The molecule has 0 saturated carbocycles. The summed E-state index contributed by atoms with van der Waals surface area (Å²) in [6.45, 7) is 7.31. The van der Waals surface area contributed by atoms with E-state index in [-0.39, 0.29) is 10.6 Å². The van der Waals surface area contributed by atoms with E-state index in [2.05, 4.69) is 11.9 Å². The first-order valence-electron chi connectivity index (χ1n) is 6.65. The van der Waals surface area contributed by atoms with Gasteiger partial charge in [0.1, 0.15) is 5.82 Å². The maximum Gasteiger partial charge on any atom is 0.262 e. The van der Waals surface area contributed by atoms with Gasteiger partial charge in [0.05, 0.1) is 0 Å². The van der Waals surface area contributed by atoms with Crippen LogP contribution in [0.4, 0.5) is 0 Å². The fourth-order valence-electron chi connectivity index (χ4n) is 2.54. The molecule has 0 aliphatic carbocycles. The van der Waals surface area contributed by atoms with Crippen molar-refractivity contribution in [1.29, 1.82) is 0 Å². The Morgan fingerprint density at radius 3 is 2.53 bits per heavy atom. The Hall–Kier alpha value is -0.920. The molecule has 2 N–H and O–H groups in total. The van der Waals surface area contributed by atoms with Crippen molar-refractivity contribution in [1.82, 2.24) is 13.9 Å². The van der Waals surface area contributed by atoms with Crippen LogP contribution in [0.3, 0.4) is 0 Å². The number of imidazole rings is 1. The number of sulfonamides is 1. The van der Waals surface area contributed by atoms with Crippen molar-refractivity contribution in [2.24, 2.45) is 5.73 Å². The van der Waals surface area contributed by atoms with Gasteiger partial charge in [-0.3, -0.25) is 0 Å². The van der Waals surface area contributed by atoms with Gasteiger partial charge in [-0.25, -0.2) is 13.4 Å². The molecular formula is C12H22N4O2S. The third-order valence-corrected chi connectivity index (χ3v) is 5.29. The molecule has 0 unspecified atom stereocenters. The summed E-state index contributed by atoms with van der Waals surface area (Å²) >= 11 is 0. The van der Waals surface area contributed by atoms with Crippen LogP contribution < -0.4 is 5.73 Å². The Kier molecular flexibility index (Phi) is 3.72. The summed E-state index contributed by atoms with van der Waals surface area (Å²) in [6, 6.07) is 0. The number of hydrogen-bond acceptors (Lipinski definition) is 4. The number of rotatable bonds is 5. The van der Waals surface area contributed by atoms with E-state index in [1.165, 1.54) is 4.31 Å². The molecule has 0 atom stereocenters. The lowest BCUT2D eigenvalue weighted by molar-refractivity contribution is 0.146. The Morgan fingerprint density at radius 2 is 2.05 bits per heavy atom. The highest BCUT2D eigenvalue weighted by molar-refractivity contribution is 7.89. The summed E-state index contributed by atoms with van der Waals surface area (Å²) < 4.78 is 28.0. The van der Waals surface area contributed by atoms with Crippen molar-refractivity contribution < 1.29 is 8.42 Å². The monoisotopic (exact) mass is 286 g/mol. The van der Waals surface area contributed by atoms with Crippen molar-refractivity contribution in [2.45, 2.75) is 50.7 Å².